The molecule has 0 aliphatic carbocycles. The lowest BCUT2D eigenvalue weighted by molar-refractivity contribution is -0.193. The zero-order chi connectivity index (χ0) is 27.1. The van der Waals surface area contributed by atoms with Crippen LogP contribution in [0.5, 0.6) is 0 Å². The van der Waals surface area contributed by atoms with E-state index in [1.165, 1.54) is 16.9 Å². The van der Waals surface area contributed by atoms with Crippen LogP contribution < -0.4 is 0 Å². The van der Waals surface area contributed by atoms with Gasteiger partial charge >= 0.3 is 24.3 Å². The number of carbonyl (C=O) groups excluding carboxylic acids is 1. The first-order valence-corrected chi connectivity index (χ1v) is 11.0. The zero-order valence-corrected chi connectivity index (χ0v) is 19.1. The Hall–Kier alpha value is -3.27. The van der Waals surface area contributed by atoms with Gasteiger partial charge in [0, 0.05) is 55.9 Å². The molecule has 2 aliphatic rings. The molecule has 2 aliphatic heterocycles. The summed E-state index contributed by atoms with van der Waals surface area (Å²) in [5.74, 6) is -5.43. The summed E-state index contributed by atoms with van der Waals surface area (Å²) in [4.78, 5) is 42.8. The van der Waals surface area contributed by atoms with E-state index in [9.17, 15) is 31.1 Å². The van der Waals surface area contributed by atoms with E-state index >= 15 is 0 Å². The number of likely N-dealkylation sites (tertiary alicyclic amines) is 2. The number of carboxylic acids is 2. The fraction of sp³-hybridized carbons (Fsp3) is 0.450. The maximum absolute atomic E-state index is 12.4. The van der Waals surface area contributed by atoms with Crippen LogP contribution in [0.2, 0.25) is 0 Å². The minimum atomic E-state index is -5.08. The highest BCUT2D eigenvalue weighted by molar-refractivity contribution is 7.07. The Labute approximate surface area is 204 Å². The first-order valence-electron chi connectivity index (χ1n) is 10.0. The van der Waals surface area contributed by atoms with Crippen LogP contribution in [0, 0.1) is 5.41 Å². The van der Waals surface area contributed by atoms with Crippen LogP contribution in [0.15, 0.2) is 35.4 Å². The van der Waals surface area contributed by atoms with Gasteiger partial charge in [-0.15, -0.1) is 11.3 Å². The summed E-state index contributed by atoms with van der Waals surface area (Å²) < 4.78 is 63.5. The maximum Gasteiger partial charge on any atom is 0.490 e. The summed E-state index contributed by atoms with van der Waals surface area (Å²) in [6.45, 7) is 4.87. The third-order valence-corrected chi connectivity index (χ3v) is 5.72. The molecule has 9 nitrogen and oxygen atoms in total. The molecular weight excluding hydrogens is 522 g/mol. The minimum Gasteiger partial charge on any atom is -0.475 e. The molecule has 16 heteroatoms. The van der Waals surface area contributed by atoms with E-state index in [4.69, 9.17) is 19.8 Å². The number of halogens is 6. The first kappa shape index (κ1) is 29.0. The number of amides is 1. The number of aliphatic carboxylic acids is 2. The third-order valence-electron chi connectivity index (χ3n) is 5.14. The molecule has 2 aromatic rings. The first-order chi connectivity index (χ1) is 16.6. The molecule has 0 aromatic carbocycles. The van der Waals surface area contributed by atoms with Crippen molar-refractivity contribution in [3.8, 4) is 0 Å². The second-order valence-electron chi connectivity index (χ2n) is 7.96. The fourth-order valence-corrected chi connectivity index (χ4v) is 4.13. The monoisotopic (exact) mass is 542 g/mol. The van der Waals surface area contributed by atoms with Crippen molar-refractivity contribution in [2.75, 3.05) is 26.2 Å². The second-order valence-corrected chi connectivity index (χ2v) is 8.68. The fourth-order valence-electron chi connectivity index (χ4n) is 3.61. The van der Waals surface area contributed by atoms with Crippen LogP contribution in [0.4, 0.5) is 26.3 Å². The van der Waals surface area contributed by atoms with Crippen LogP contribution in [0.3, 0.4) is 0 Å². The van der Waals surface area contributed by atoms with Gasteiger partial charge in [0.25, 0.3) is 5.91 Å². The Morgan fingerprint density at radius 2 is 1.50 bits per heavy atom. The smallest absolute Gasteiger partial charge is 0.475 e. The van der Waals surface area contributed by atoms with E-state index in [1.807, 2.05) is 22.7 Å². The molecule has 2 aromatic heterocycles. The minimum absolute atomic E-state index is 0.0886. The van der Waals surface area contributed by atoms with Crippen molar-refractivity contribution in [2.45, 2.75) is 25.3 Å². The Morgan fingerprint density at radius 3 is 1.94 bits per heavy atom. The van der Waals surface area contributed by atoms with Crippen LogP contribution in [0.25, 0.3) is 0 Å². The highest BCUT2D eigenvalue weighted by atomic mass is 32.1. The van der Waals surface area contributed by atoms with Gasteiger partial charge in [-0.3, -0.25) is 14.7 Å². The lowest BCUT2D eigenvalue weighted by Gasteiger charge is -2.48. The van der Waals surface area contributed by atoms with Gasteiger partial charge in [-0.25, -0.2) is 14.6 Å². The molecule has 198 valence electrons. The summed E-state index contributed by atoms with van der Waals surface area (Å²) in [5.41, 5.74) is 3.92. The van der Waals surface area contributed by atoms with Gasteiger partial charge in [-0.1, -0.05) is 0 Å². The van der Waals surface area contributed by atoms with Gasteiger partial charge in [0.1, 0.15) is 5.69 Å². The standard InChI is InChI=1S/C16H18N4OS.2C2HF3O2/c21-15(14-8-22-12-18-14)20-6-3-16(11-20)9-19(10-16)7-13-1-4-17-5-2-13;2*3-2(4,5)1(6)7/h1-2,4-5,8,12H,3,6-7,9-11H2;2*(H,6,7). The topological polar surface area (TPSA) is 124 Å². The predicted molar refractivity (Wildman–Crippen MR) is 112 cm³/mol. The largest absolute Gasteiger partial charge is 0.490 e. The third kappa shape index (κ3) is 8.44. The molecule has 0 atom stereocenters. The molecule has 0 bridgehead atoms. The Kier molecular flexibility index (Phi) is 9.37. The van der Waals surface area contributed by atoms with E-state index in [2.05, 4.69) is 27.0 Å². The van der Waals surface area contributed by atoms with Crippen molar-refractivity contribution in [3.05, 3.63) is 46.7 Å². The molecule has 0 unspecified atom stereocenters. The van der Waals surface area contributed by atoms with Crippen molar-refractivity contribution in [3.63, 3.8) is 0 Å². The summed E-state index contributed by atoms with van der Waals surface area (Å²) in [6, 6.07) is 4.13. The Balaban J connectivity index is 0.000000271. The quantitative estimate of drug-likeness (QED) is 0.567. The molecule has 4 heterocycles. The highest BCUT2D eigenvalue weighted by Gasteiger charge is 2.48. The number of alkyl halides is 6. The van der Waals surface area contributed by atoms with Gasteiger partial charge in [-0.2, -0.15) is 26.3 Å². The SMILES string of the molecule is O=C(O)C(F)(F)F.O=C(O)C(F)(F)F.O=C(c1cscn1)N1CCC2(CN(Cc3ccncc3)C2)C1. The van der Waals surface area contributed by atoms with Crippen molar-refractivity contribution < 1.29 is 50.9 Å². The number of nitrogens with zero attached hydrogens (tertiary/aromatic N) is 4. The molecule has 2 saturated heterocycles. The number of carboxylic acid groups (broad SMARTS) is 2. The van der Waals surface area contributed by atoms with E-state index in [1.54, 1.807) is 5.51 Å². The number of hydrogen-bond acceptors (Lipinski definition) is 7. The number of pyridine rings is 1. The van der Waals surface area contributed by atoms with Crippen molar-refractivity contribution in [2.24, 2.45) is 5.41 Å². The lowest BCUT2D eigenvalue weighted by Crippen LogP contribution is -2.57. The summed E-state index contributed by atoms with van der Waals surface area (Å²) in [5, 5.41) is 16.1. The van der Waals surface area contributed by atoms with E-state index in [0.29, 0.717) is 11.1 Å². The number of carbonyl (C=O) groups is 3. The summed E-state index contributed by atoms with van der Waals surface area (Å²) in [7, 11) is 0. The van der Waals surface area contributed by atoms with Gasteiger partial charge in [0.2, 0.25) is 0 Å². The molecule has 4 rings (SSSR count). The summed E-state index contributed by atoms with van der Waals surface area (Å²) in [6.07, 6.45) is -5.38. The van der Waals surface area contributed by atoms with Gasteiger partial charge in [0.05, 0.1) is 5.51 Å². The Morgan fingerprint density at radius 1 is 0.972 bits per heavy atom. The van der Waals surface area contributed by atoms with Gasteiger partial charge < -0.3 is 15.1 Å². The number of hydrogen-bond donors (Lipinski definition) is 2. The molecule has 2 fully saturated rings. The van der Waals surface area contributed by atoms with E-state index < -0.39 is 24.3 Å². The van der Waals surface area contributed by atoms with Crippen LogP contribution in [-0.2, 0) is 16.1 Å². The molecule has 0 saturated carbocycles. The highest BCUT2D eigenvalue weighted by Crippen LogP contribution is 2.40. The molecular formula is C20H20F6N4O5S. The molecule has 2 N–H and O–H groups in total. The van der Waals surface area contributed by atoms with Gasteiger partial charge in [0.15, 0.2) is 0 Å². The number of thiazole rings is 1. The maximum atomic E-state index is 12.4. The average molecular weight is 542 g/mol. The van der Waals surface area contributed by atoms with Crippen molar-refractivity contribution >= 4 is 29.2 Å². The molecule has 1 spiro atoms. The van der Waals surface area contributed by atoms with Crippen LogP contribution in [0.1, 0.15) is 22.5 Å². The second kappa shape index (κ2) is 11.6. The molecule has 36 heavy (non-hydrogen) atoms. The normalized spacial score (nSPS) is 16.8. The van der Waals surface area contributed by atoms with E-state index in [0.717, 1.165) is 39.1 Å². The number of aromatic nitrogens is 2. The predicted octanol–water partition coefficient (Wildman–Crippen LogP) is 3.15. The van der Waals surface area contributed by atoms with Crippen LogP contribution in [-0.4, -0.2) is 86.4 Å². The Bertz CT molecular complexity index is 1000. The van der Waals surface area contributed by atoms with Gasteiger partial charge in [-0.05, 0) is 24.1 Å². The molecule has 1 amide bonds. The van der Waals surface area contributed by atoms with Crippen LogP contribution >= 0.6 is 11.3 Å². The van der Waals surface area contributed by atoms with Crippen molar-refractivity contribution in [1.82, 2.24) is 19.8 Å². The lowest BCUT2D eigenvalue weighted by atomic mass is 9.79. The molecule has 0 radical (unpaired) electrons. The summed E-state index contributed by atoms with van der Waals surface area (Å²) >= 11 is 1.48. The zero-order valence-electron chi connectivity index (χ0n) is 18.3. The average Bonchev–Trinajstić information content (AvgIpc) is 3.44. The van der Waals surface area contributed by atoms with Crippen molar-refractivity contribution in [1.29, 1.82) is 0 Å². The number of rotatable bonds is 3. The van der Waals surface area contributed by atoms with E-state index in [-0.39, 0.29) is 5.91 Å².